The topological polar surface area (TPSA) is 113 Å². The Hall–Kier alpha value is -4.67. The zero-order chi connectivity index (χ0) is 30.6. The summed E-state index contributed by atoms with van der Waals surface area (Å²) >= 11 is 0. The fourth-order valence-corrected chi connectivity index (χ4v) is 7.12. The maximum absolute atomic E-state index is 13.6. The molecule has 0 atom stereocenters. The molecule has 2 N–H and O–H groups in total. The van der Waals surface area contributed by atoms with Crippen LogP contribution < -0.4 is 14.3 Å². The van der Waals surface area contributed by atoms with E-state index in [1.54, 1.807) is 36.4 Å². The van der Waals surface area contributed by atoms with Gasteiger partial charge in [0.1, 0.15) is 6.54 Å². The minimum atomic E-state index is -4.06. The molecular weight excluding hydrogens is 583 g/mol. The van der Waals surface area contributed by atoms with E-state index in [9.17, 15) is 21.6 Å². The van der Waals surface area contributed by atoms with Crippen molar-refractivity contribution < 1.29 is 21.6 Å². The molecule has 5 aromatic rings. The molecule has 1 amide bonds. The minimum absolute atomic E-state index is 0.0121. The Bertz CT molecular complexity index is 1970. The average Bonchev–Trinajstić information content (AvgIpc) is 3.00. The second-order valence-electron chi connectivity index (χ2n) is 10.0. The molecule has 43 heavy (non-hydrogen) atoms. The summed E-state index contributed by atoms with van der Waals surface area (Å²) < 4.78 is 57.2. The van der Waals surface area contributed by atoms with Gasteiger partial charge in [-0.15, -0.1) is 0 Å². The van der Waals surface area contributed by atoms with Gasteiger partial charge in [-0.1, -0.05) is 73.2 Å². The number of anilines is 3. The maximum atomic E-state index is 13.6. The van der Waals surface area contributed by atoms with E-state index in [-0.39, 0.29) is 9.79 Å². The van der Waals surface area contributed by atoms with Crippen molar-refractivity contribution in [2.45, 2.75) is 30.1 Å². The molecule has 5 rings (SSSR count). The van der Waals surface area contributed by atoms with Gasteiger partial charge in [0.15, 0.2) is 0 Å². The summed E-state index contributed by atoms with van der Waals surface area (Å²) in [5.41, 5.74) is 3.08. The summed E-state index contributed by atoms with van der Waals surface area (Å²) in [4.78, 5) is 13.2. The van der Waals surface area contributed by atoms with E-state index >= 15 is 0 Å². The molecule has 5 aromatic carbocycles. The van der Waals surface area contributed by atoms with Crippen LogP contribution in [0.2, 0.25) is 0 Å². The van der Waals surface area contributed by atoms with Crippen LogP contribution in [0.5, 0.6) is 0 Å². The highest BCUT2D eigenvalue weighted by molar-refractivity contribution is 7.93. The van der Waals surface area contributed by atoms with Gasteiger partial charge in [-0.05, 0) is 78.9 Å². The van der Waals surface area contributed by atoms with Crippen LogP contribution in [0.15, 0.2) is 125 Å². The van der Waals surface area contributed by atoms with E-state index in [2.05, 4.69) is 10.0 Å². The molecule has 10 heteroatoms. The third-order valence-electron chi connectivity index (χ3n) is 7.01. The van der Waals surface area contributed by atoms with Crippen molar-refractivity contribution in [2.75, 3.05) is 20.9 Å². The van der Waals surface area contributed by atoms with Crippen LogP contribution >= 0.6 is 0 Å². The van der Waals surface area contributed by atoms with Crippen molar-refractivity contribution in [3.63, 3.8) is 0 Å². The number of nitrogens with one attached hydrogen (secondary N) is 2. The van der Waals surface area contributed by atoms with Crippen LogP contribution in [0.3, 0.4) is 0 Å². The van der Waals surface area contributed by atoms with Crippen molar-refractivity contribution in [3.8, 4) is 0 Å². The standard InChI is InChI=1S/C33H31N3O5S2/c1-3-25-13-17-28(18-14-25)36(43(40,41)30-19-11-24(2)12-20-30)23-33(37)34-27-15-21-29(22-16-27)42(38,39)35-32-10-6-8-26-7-4-5-9-31(26)32/h4-22,35H,3,23H2,1-2H3,(H,34,37). The summed E-state index contributed by atoms with van der Waals surface area (Å²) in [7, 11) is -7.98. The van der Waals surface area contributed by atoms with Crippen molar-refractivity contribution in [1.82, 2.24) is 0 Å². The largest absolute Gasteiger partial charge is 0.325 e. The van der Waals surface area contributed by atoms with Crippen LogP contribution in [-0.4, -0.2) is 29.3 Å². The lowest BCUT2D eigenvalue weighted by Gasteiger charge is -2.24. The highest BCUT2D eigenvalue weighted by Crippen LogP contribution is 2.27. The maximum Gasteiger partial charge on any atom is 0.264 e. The Morgan fingerprint density at radius 2 is 1.35 bits per heavy atom. The van der Waals surface area contributed by atoms with Gasteiger partial charge < -0.3 is 5.32 Å². The van der Waals surface area contributed by atoms with Crippen LogP contribution in [0.4, 0.5) is 17.1 Å². The fraction of sp³-hybridized carbons (Fsp3) is 0.121. The van der Waals surface area contributed by atoms with E-state index in [4.69, 9.17) is 0 Å². The van der Waals surface area contributed by atoms with E-state index in [1.165, 1.54) is 36.4 Å². The fourth-order valence-electron chi connectivity index (χ4n) is 4.62. The number of carbonyl (C=O) groups is 1. The molecule has 0 aliphatic rings. The van der Waals surface area contributed by atoms with Gasteiger partial charge in [0.2, 0.25) is 5.91 Å². The molecule has 0 aliphatic heterocycles. The molecule has 0 radical (unpaired) electrons. The molecule has 0 saturated heterocycles. The Labute approximate surface area is 252 Å². The SMILES string of the molecule is CCc1ccc(N(CC(=O)Nc2ccc(S(=O)(=O)Nc3cccc4ccccc34)cc2)S(=O)(=O)c2ccc(C)cc2)cc1. The van der Waals surface area contributed by atoms with E-state index in [1.807, 2.05) is 56.3 Å². The first-order chi connectivity index (χ1) is 20.6. The van der Waals surface area contributed by atoms with Crippen LogP contribution in [-0.2, 0) is 31.3 Å². The van der Waals surface area contributed by atoms with Crippen LogP contribution in [0, 0.1) is 6.92 Å². The predicted molar refractivity (Wildman–Crippen MR) is 171 cm³/mol. The van der Waals surface area contributed by atoms with Crippen LogP contribution in [0.1, 0.15) is 18.1 Å². The predicted octanol–water partition coefficient (Wildman–Crippen LogP) is 6.35. The summed E-state index contributed by atoms with van der Waals surface area (Å²) in [5.74, 6) is -0.584. The van der Waals surface area contributed by atoms with Crippen molar-refractivity contribution in [2.24, 2.45) is 0 Å². The number of hydrogen-bond acceptors (Lipinski definition) is 5. The second kappa shape index (κ2) is 12.3. The van der Waals surface area contributed by atoms with Gasteiger partial charge in [0.25, 0.3) is 20.0 Å². The molecule has 0 aromatic heterocycles. The molecule has 0 saturated carbocycles. The monoisotopic (exact) mass is 613 g/mol. The Kier molecular flexibility index (Phi) is 8.52. The van der Waals surface area contributed by atoms with Crippen molar-refractivity contribution in [3.05, 3.63) is 126 Å². The third kappa shape index (κ3) is 6.71. The Morgan fingerprint density at radius 1 is 0.721 bits per heavy atom. The zero-order valence-corrected chi connectivity index (χ0v) is 25.3. The molecule has 0 aliphatic carbocycles. The number of hydrogen-bond donors (Lipinski definition) is 2. The van der Waals surface area contributed by atoms with E-state index in [0.29, 0.717) is 17.1 Å². The molecule has 0 unspecified atom stereocenters. The molecule has 0 spiro atoms. The van der Waals surface area contributed by atoms with Gasteiger partial charge in [-0.25, -0.2) is 16.8 Å². The first kappa shape index (κ1) is 29.8. The number of carbonyl (C=O) groups excluding carboxylic acids is 1. The van der Waals surface area contributed by atoms with E-state index < -0.39 is 32.5 Å². The molecular formula is C33H31N3O5S2. The Balaban J connectivity index is 1.34. The number of sulfonamides is 2. The smallest absolute Gasteiger partial charge is 0.264 e. The summed E-state index contributed by atoms with van der Waals surface area (Å²) in [6, 6.07) is 32.0. The number of amides is 1. The summed E-state index contributed by atoms with van der Waals surface area (Å²) in [6.07, 6.45) is 0.786. The normalized spacial score (nSPS) is 11.7. The highest BCUT2D eigenvalue weighted by atomic mass is 32.2. The van der Waals surface area contributed by atoms with Crippen molar-refractivity contribution >= 4 is 53.8 Å². The molecule has 220 valence electrons. The lowest BCUT2D eigenvalue weighted by molar-refractivity contribution is -0.114. The van der Waals surface area contributed by atoms with Gasteiger partial charge in [0, 0.05) is 11.1 Å². The lowest BCUT2D eigenvalue weighted by Crippen LogP contribution is -2.38. The van der Waals surface area contributed by atoms with Gasteiger partial charge in [-0.2, -0.15) is 0 Å². The number of rotatable bonds is 10. The number of benzene rings is 5. The third-order valence-corrected chi connectivity index (χ3v) is 10.2. The quantitative estimate of drug-likeness (QED) is 0.191. The highest BCUT2D eigenvalue weighted by Gasteiger charge is 2.27. The molecule has 0 bridgehead atoms. The Morgan fingerprint density at radius 3 is 2.02 bits per heavy atom. The summed E-state index contributed by atoms with van der Waals surface area (Å²) in [5, 5.41) is 4.36. The first-order valence-corrected chi connectivity index (χ1v) is 16.6. The van der Waals surface area contributed by atoms with Gasteiger partial charge >= 0.3 is 0 Å². The van der Waals surface area contributed by atoms with Crippen molar-refractivity contribution in [1.29, 1.82) is 0 Å². The number of fused-ring (bicyclic) bond motifs is 1. The number of aryl methyl sites for hydroxylation is 2. The lowest BCUT2D eigenvalue weighted by atomic mass is 10.1. The van der Waals surface area contributed by atoms with Gasteiger partial charge in [-0.3, -0.25) is 13.8 Å². The average molecular weight is 614 g/mol. The molecule has 8 nitrogen and oxygen atoms in total. The minimum Gasteiger partial charge on any atom is -0.325 e. The molecule has 0 fully saturated rings. The second-order valence-corrected chi connectivity index (χ2v) is 13.6. The zero-order valence-electron chi connectivity index (χ0n) is 23.7. The van der Waals surface area contributed by atoms with Gasteiger partial charge in [0.05, 0.1) is 21.2 Å². The first-order valence-electron chi connectivity index (χ1n) is 13.7. The number of nitrogens with zero attached hydrogens (tertiary/aromatic N) is 1. The summed E-state index contributed by atoms with van der Waals surface area (Å²) in [6.45, 7) is 3.38. The van der Waals surface area contributed by atoms with E-state index in [0.717, 1.165) is 32.6 Å². The molecule has 0 heterocycles. The van der Waals surface area contributed by atoms with Crippen LogP contribution in [0.25, 0.3) is 10.8 Å².